The van der Waals surface area contributed by atoms with Crippen molar-refractivity contribution in [3.8, 4) is 0 Å². The lowest BCUT2D eigenvalue weighted by Gasteiger charge is -2.16. The van der Waals surface area contributed by atoms with Gasteiger partial charge in [-0.2, -0.15) is 0 Å². The Hall–Kier alpha value is -1.07. The highest BCUT2D eigenvalue weighted by molar-refractivity contribution is 9.10. The Kier molecular flexibility index (Phi) is 4.96. The Morgan fingerprint density at radius 3 is 2.59 bits per heavy atom. The highest BCUT2D eigenvalue weighted by atomic mass is 79.9. The average Bonchev–Trinajstić information content (AvgIpc) is 2.30. The quantitative estimate of drug-likeness (QED) is 0.472. The molecule has 2 nitrogen and oxygen atoms in total. The van der Waals surface area contributed by atoms with Crippen LogP contribution in [0.25, 0.3) is 0 Å². The predicted molar refractivity (Wildman–Crippen MR) is 63.6 cm³/mol. The van der Waals surface area contributed by atoms with Crippen molar-refractivity contribution in [3.63, 3.8) is 0 Å². The van der Waals surface area contributed by atoms with E-state index in [1.165, 1.54) is 12.1 Å². The first-order chi connectivity index (χ1) is 7.99. The normalized spacial score (nSPS) is 14.1. The molecule has 0 saturated heterocycles. The van der Waals surface area contributed by atoms with Gasteiger partial charge in [0.2, 0.25) is 0 Å². The van der Waals surface area contributed by atoms with Gasteiger partial charge >= 0.3 is 0 Å². The van der Waals surface area contributed by atoms with Crippen LogP contribution in [0.15, 0.2) is 29.3 Å². The SMILES string of the molecule is C=CC(C)OC(C=O)c1cc(Br)c(F)cc1F. The third-order valence-electron chi connectivity index (χ3n) is 2.16. The molecule has 2 unspecified atom stereocenters. The number of rotatable bonds is 5. The van der Waals surface area contributed by atoms with E-state index in [0.717, 1.165) is 0 Å². The molecular formula is C12H11BrF2O2. The monoisotopic (exact) mass is 304 g/mol. The third kappa shape index (κ3) is 3.44. The minimum absolute atomic E-state index is 0.0121. The number of benzene rings is 1. The lowest BCUT2D eigenvalue weighted by atomic mass is 10.1. The highest BCUT2D eigenvalue weighted by Crippen LogP contribution is 2.26. The minimum atomic E-state index is -1.08. The molecule has 17 heavy (non-hydrogen) atoms. The van der Waals surface area contributed by atoms with Crippen molar-refractivity contribution >= 4 is 22.2 Å². The molecule has 0 spiro atoms. The van der Waals surface area contributed by atoms with Crippen LogP contribution in [0.4, 0.5) is 8.78 Å². The van der Waals surface area contributed by atoms with Crippen molar-refractivity contribution < 1.29 is 18.3 Å². The molecule has 5 heteroatoms. The molecule has 0 fully saturated rings. The maximum Gasteiger partial charge on any atom is 0.153 e. The summed E-state index contributed by atoms with van der Waals surface area (Å²) in [5.74, 6) is -1.55. The lowest BCUT2D eigenvalue weighted by molar-refractivity contribution is -0.120. The van der Waals surface area contributed by atoms with Crippen molar-refractivity contribution in [1.82, 2.24) is 0 Å². The Morgan fingerprint density at radius 2 is 2.06 bits per heavy atom. The van der Waals surface area contributed by atoms with E-state index in [0.29, 0.717) is 12.4 Å². The van der Waals surface area contributed by atoms with Gasteiger partial charge in [-0.05, 0) is 28.9 Å². The minimum Gasteiger partial charge on any atom is -0.359 e. The first-order valence-electron chi connectivity index (χ1n) is 4.87. The van der Waals surface area contributed by atoms with Crippen LogP contribution in [0.1, 0.15) is 18.6 Å². The van der Waals surface area contributed by atoms with Gasteiger partial charge in [0.25, 0.3) is 0 Å². The van der Waals surface area contributed by atoms with Crippen molar-refractivity contribution in [2.24, 2.45) is 0 Å². The van der Waals surface area contributed by atoms with E-state index < -0.39 is 23.8 Å². The summed E-state index contributed by atoms with van der Waals surface area (Å²) in [6.45, 7) is 5.16. The Morgan fingerprint density at radius 1 is 1.41 bits per heavy atom. The van der Waals surface area contributed by atoms with Crippen molar-refractivity contribution in [1.29, 1.82) is 0 Å². The molecule has 1 rings (SSSR count). The number of carbonyl (C=O) groups is 1. The van der Waals surface area contributed by atoms with Gasteiger partial charge in [-0.25, -0.2) is 8.78 Å². The molecule has 2 atom stereocenters. The summed E-state index contributed by atoms with van der Waals surface area (Å²) in [6.07, 6.45) is 0.448. The molecule has 0 bridgehead atoms. The van der Waals surface area contributed by atoms with Crippen LogP contribution in [-0.4, -0.2) is 12.4 Å². The zero-order chi connectivity index (χ0) is 13.0. The van der Waals surface area contributed by atoms with Crippen LogP contribution >= 0.6 is 15.9 Å². The molecule has 1 aromatic carbocycles. The van der Waals surface area contributed by atoms with Gasteiger partial charge in [-0.15, -0.1) is 6.58 Å². The average molecular weight is 305 g/mol. The smallest absolute Gasteiger partial charge is 0.153 e. The first-order valence-corrected chi connectivity index (χ1v) is 5.66. The molecule has 0 aromatic heterocycles. The Labute approximate surface area is 106 Å². The van der Waals surface area contributed by atoms with Gasteiger partial charge in [0, 0.05) is 11.6 Å². The maximum absolute atomic E-state index is 13.5. The lowest BCUT2D eigenvalue weighted by Crippen LogP contribution is -2.14. The molecule has 92 valence electrons. The summed E-state index contributed by atoms with van der Waals surface area (Å²) in [5, 5.41) is 0. The fraction of sp³-hybridized carbons (Fsp3) is 0.250. The van der Waals surface area contributed by atoms with E-state index in [-0.39, 0.29) is 10.0 Å². The first kappa shape index (κ1) is 14.0. The largest absolute Gasteiger partial charge is 0.359 e. The summed E-state index contributed by atoms with van der Waals surface area (Å²) < 4.78 is 31.8. The van der Waals surface area contributed by atoms with Crippen LogP contribution in [0.2, 0.25) is 0 Å². The fourth-order valence-corrected chi connectivity index (χ4v) is 1.58. The second-order valence-electron chi connectivity index (χ2n) is 3.42. The maximum atomic E-state index is 13.5. The highest BCUT2D eigenvalue weighted by Gasteiger charge is 2.19. The summed E-state index contributed by atoms with van der Waals surface area (Å²) in [5.41, 5.74) is -0.0121. The molecule has 0 aliphatic rings. The van der Waals surface area contributed by atoms with Gasteiger partial charge in [0.15, 0.2) is 6.29 Å². The predicted octanol–water partition coefficient (Wildman–Crippen LogP) is 3.56. The summed E-state index contributed by atoms with van der Waals surface area (Å²) in [4.78, 5) is 10.9. The van der Waals surface area contributed by atoms with Crippen molar-refractivity contribution in [2.75, 3.05) is 0 Å². The molecule has 0 radical (unpaired) electrons. The fourth-order valence-electron chi connectivity index (χ4n) is 1.22. The van der Waals surface area contributed by atoms with Crippen LogP contribution in [-0.2, 0) is 9.53 Å². The van der Waals surface area contributed by atoms with E-state index in [9.17, 15) is 13.6 Å². The molecule has 0 amide bonds. The van der Waals surface area contributed by atoms with E-state index >= 15 is 0 Å². The van der Waals surface area contributed by atoms with Crippen LogP contribution in [0.5, 0.6) is 0 Å². The number of carbonyl (C=O) groups excluding carboxylic acids is 1. The number of hydrogen-bond donors (Lipinski definition) is 0. The van der Waals surface area contributed by atoms with Gasteiger partial charge in [0.1, 0.15) is 17.7 Å². The van der Waals surface area contributed by atoms with Crippen LogP contribution in [0, 0.1) is 11.6 Å². The summed E-state index contributed by atoms with van der Waals surface area (Å²) >= 11 is 2.93. The Bertz CT molecular complexity index is 435. The Balaban J connectivity index is 3.07. The van der Waals surface area contributed by atoms with Gasteiger partial charge in [0.05, 0.1) is 10.6 Å². The second-order valence-corrected chi connectivity index (χ2v) is 4.28. The van der Waals surface area contributed by atoms with Gasteiger partial charge in [-0.1, -0.05) is 6.08 Å². The summed E-state index contributed by atoms with van der Waals surface area (Å²) in [7, 11) is 0. The van der Waals surface area contributed by atoms with E-state index in [1.807, 2.05) is 0 Å². The number of ether oxygens (including phenoxy) is 1. The standard InChI is InChI=1S/C12H11BrF2O2/c1-3-7(2)17-12(6-16)8-4-9(13)11(15)5-10(8)14/h3-7,12H,1H2,2H3. The molecule has 0 saturated carbocycles. The molecular weight excluding hydrogens is 294 g/mol. The molecule has 0 aliphatic heterocycles. The third-order valence-corrected chi connectivity index (χ3v) is 2.77. The molecule has 1 aromatic rings. The second kappa shape index (κ2) is 6.02. The van der Waals surface area contributed by atoms with Gasteiger partial charge < -0.3 is 9.53 Å². The van der Waals surface area contributed by atoms with Crippen LogP contribution in [0.3, 0.4) is 0 Å². The van der Waals surface area contributed by atoms with E-state index in [1.54, 1.807) is 6.92 Å². The van der Waals surface area contributed by atoms with Crippen molar-refractivity contribution in [2.45, 2.75) is 19.1 Å². The number of aldehydes is 1. The number of hydrogen-bond acceptors (Lipinski definition) is 2. The van der Waals surface area contributed by atoms with Gasteiger partial charge in [-0.3, -0.25) is 0 Å². The molecule has 0 heterocycles. The van der Waals surface area contributed by atoms with E-state index in [2.05, 4.69) is 22.5 Å². The van der Waals surface area contributed by atoms with Crippen LogP contribution < -0.4 is 0 Å². The molecule has 0 aliphatic carbocycles. The van der Waals surface area contributed by atoms with E-state index in [4.69, 9.17) is 4.74 Å². The number of halogens is 3. The molecule has 0 N–H and O–H groups in total. The summed E-state index contributed by atoms with van der Waals surface area (Å²) in [6, 6.07) is 1.90. The van der Waals surface area contributed by atoms with Crippen molar-refractivity contribution in [3.05, 3.63) is 46.5 Å². The zero-order valence-electron chi connectivity index (χ0n) is 9.12. The zero-order valence-corrected chi connectivity index (χ0v) is 10.7. The topological polar surface area (TPSA) is 26.3 Å².